The van der Waals surface area contributed by atoms with Crippen molar-refractivity contribution in [3.63, 3.8) is 0 Å². The SMILES string of the molecule is CCOc1cc(CN2C(=O)CSC2=O)ccc1-c1cc2c(cc1C)C(C)(C)CCC2(C)C. The van der Waals surface area contributed by atoms with E-state index in [1.165, 1.54) is 40.0 Å². The fourth-order valence-electron chi connectivity index (χ4n) is 4.89. The maximum atomic E-state index is 12.0. The van der Waals surface area contributed by atoms with Gasteiger partial charge in [0.15, 0.2) is 0 Å². The van der Waals surface area contributed by atoms with Gasteiger partial charge >= 0.3 is 0 Å². The van der Waals surface area contributed by atoms with Gasteiger partial charge in [0.05, 0.1) is 18.9 Å². The van der Waals surface area contributed by atoms with Gasteiger partial charge in [0.2, 0.25) is 5.91 Å². The Morgan fingerprint density at radius 2 is 1.62 bits per heavy atom. The molecule has 0 saturated carbocycles. The summed E-state index contributed by atoms with van der Waals surface area (Å²) in [5.41, 5.74) is 7.57. The van der Waals surface area contributed by atoms with Gasteiger partial charge in [0.1, 0.15) is 5.75 Å². The van der Waals surface area contributed by atoms with Gasteiger partial charge in [-0.1, -0.05) is 57.7 Å². The summed E-state index contributed by atoms with van der Waals surface area (Å²) in [6, 6.07) is 10.8. The molecule has 1 aliphatic heterocycles. The first-order valence-electron chi connectivity index (χ1n) is 11.4. The fourth-order valence-corrected chi connectivity index (χ4v) is 5.62. The Morgan fingerprint density at radius 3 is 2.22 bits per heavy atom. The minimum Gasteiger partial charge on any atom is -0.493 e. The van der Waals surface area contributed by atoms with Crippen molar-refractivity contribution in [1.82, 2.24) is 4.90 Å². The second-order valence-corrected chi connectivity index (χ2v) is 11.2. The molecule has 1 fully saturated rings. The molecule has 0 radical (unpaired) electrons. The summed E-state index contributed by atoms with van der Waals surface area (Å²) >= 11 is 1.07. The standard InChI is InChI=1S/C27H33NO3S/c1-7-31-23-13-18(15-28-24(29)16-32-25(28)30)8-9-19(23)20-14-22-21(12-17(20)2)26(3,4)10-11-27(22,5)6/h8-9,12-14H,7,10-11,15-16H2,1-6H3. The zero-order chi connectivity index (χ0) is 23.3. The number of hydrogen-bond acceptors (Lipinski definition) is 4. The quantitative estimate of drug-likeness (QED) is 0.513. The van der Waals surface area contributed by atoms with E-state index in [9.17, 15) is 9.59 Å². The molecule has 32 heavy (non-hydrogen) atoms. The fraction of sp³-hybridized carbons (Fsp3) is 0.481. The number of ether oxygens (including phenoxy) is 1. The van der Waals surface area contributed by atoms with E-state index in [1.807, 2.05) is 19.1 Å². The van der Waals surface area contributed by atoms with Crippen LogP contribution < -0.4 is 4.74 Å². The summed E-state index contributed by atoms with van der Waals surface area (Å²) in [5, 5.41) is -0.174. The number of carbonyl (C=O) groups excluding carboxylic acids is 2. The first-order valence-corrected chi connectivity index (χ1v) is 12.4. The van der Waals surface area contributed by atoms with E-state index >= 15 is 0 Å². The number of imide groups is 1. The average molecular weight is 452 g/mol. The van der Waals surface area contributed by atoms with E-state index in [0.29, 0.717) is 6.61 Å². The summed E-state index contributed by atoms with van der Waals surface area (Å²) in [4.78, 5) is 25.4. The molecule has 2 aromatic carbocycles. The van der Waals surface area contributed by atoms with Gasteiger partial charge in [0.25, 0.3) is 5.24 Å². The van der Waals surface area contributed by atoms with E-state index in [4.69, 9.17) is 4.74 Å². The molecule has 0 N–H and O–H groups in total. The van der Waals surface area contributed by atoms with Crippen LogP contribution >= 0.6 is 11.8 Å². The van der Waals surface area contributed by atoms with E-state index in [-0.39, 0.29) is 34.3 Å². The molecule has 0 atom stereocenters. The van der Waals surface area contributed by atoms with Gasteiger partial charge < -0.3 is 4.74 Å². The number of fused-ring (bicyclic) bond motifs is 1. The predicted molar refractivity (Wildman–Crippen MR) is 131 cm³/mol. The molecule has 1 saturated heterocycles. The summed E-state index contributed by atoms with van der Waals surface area (Å²) < 4.78 is 6.05. The topological polar surface area (TPSA) is 46.6 Å². The number of benzene rings is 2. The Bertz CT molecular complexity index is 1070. The number of thioether (sulfide) groups is 1. The molecule has 1 heterocycles. The van der Waals surface area contributed by atoms with Gasteiger partial charge in [-0.15, -0.1) is 0 Å². The molecular weight excluding hydrogens is 418 g/mol. The van der Waals surface area contributed by atoms with Crippen LogP contribution in [0.5, 0.6) is 5.75 Å². The van der Waals surface area contributed by atoms with Gasteiger partial charge in [-0.2, -0.15) is 0 Å². The van der Waals surface area contributed by atoms with Crippen molar-refractivity contribution >= 4 is 22.9 Å². The van der Waals surface area contributed by atoms with Crippen LogP contribution in [0.3, 0.4) is 0 Å². The normalized spacial score (nSPS) is 19.2. The number of carbonyl (C=O) groups is 2. The van der Waals surface area contributed by atoms with Crippen molar-refractivity contribution < 1.29 is 14.3 Å². The lowest BCUT2D eigenvalue weighted by Crippen LogP contribution is -2.34. The highest BCUT2D eigenvalue weighted by Crippen LogP contribution is 2.48. The molecular formula is C27H33NO3S. The monoisotopic (exact) mass is 451 g/mol. The van der Waals surface area contributed by atoms with Crippen LogP contribution in [-0.2, 0) is 22.2 Å². The smallest absolute Gasteiger partial charge is 0.289 e. The van der Waals surface area contributed by atoms with Crippen molar-refractivity contribution in [3.05, 3.63) is 52.6 Å². The molecule has 5 heteroatoms. The number of rotatable bonds is 5. The number of hydrogen-bond donors (Lipinski definition) is 0. The minimum atomic E-state index is -0.174. The van der Waals surface area contributed by atoms with Crippen LogP contribution in [0, 0.1) is 6.92 Å². The van der Waals surface area contributed by atoms with Crippen LogP contribution in [0.2, 0.25) is 0 Å². The number of nitrogens with zero attached hydrogens (tertiary/aromatic N) is 1. The van der Waals surface area contributed by atoms with Crippen LogP contribution in [0.15, 0.2) is 30.3 Å². The third-order valence-electron chi connectivity index (χ3n) is 7.02. The molecule has 0 spiro atoms. The second kappa shape index (κ2) is 8.26. The van der Waals surface area contributed by atoms with Gasteiger partial charge in [0, 0.05) is 5.56 Å². The zero-order valence-corrected chi connectivity index (χ0v) is 20.8. The van der Waals surface area contributed by atoms with E-state index in [2.05, 4.69) is 52.8 Å². The maximum Gasteiger partial charge on any atom is 0.289 e. The lowest BCUT2D eigenvalue weighted by molar-refractivity contribution is -0.125. The molecule has 1 aliphatic carbocycles. The Kier molecular flexibility index (Phi) is 5.91. The van der Waals surface area contributed by atoms with Crippen molar-refractivity contribution in [2.45, 2.75) is 71.8 Å². The van der Waals surface area contributed by atoms with Crippen molar-refractivity contribution in [2.75, 3.05) is 12.4 Å². The van der Waals surface area contributed by atoms with Crippen LogP contribution in [-0.4, -0.2) is 28.4 Å². The number of amides is 2. The Morgan fingerprint density at radius 1 is 0.969 bits per heavy atom. The lowest BCUT2D eigenvalue weighted by Gasteiger charge is -2.42. The van der Waals surface area contributed by atoms with Gasteiger partial charge in [-0.25, -0.2) is 0 Å². The summed E-state index contributed by atoms with van der Waals surface area (Å²) in [6.07, 6.45) is 2.36. The van der Waals surface area contributed by atoms with Crippen LogP contribution in [0.4, 0.5) is 4.79 Å². The highest BCUT2D eigenvalue weighted by atomic mass is 32.2. The third kappa shape index (κ3) is 4.07. The Labute approximate surface area is 195 Å². The minimum absolute atomic E-state index is 0.127. The molecule has 2 aliphatic rings. The molecule has 4 nitrogen and oxygen atoms in total. The molecule has 2 aromatic rings. The lowest BCUT2D eigenvalue weighted by atomic mass is 9.62. The molecule has 2 amide bonds. The first-order chi connectivity index (χ1) is 15.0. The summed E-state index contributed by atoms with van der Waals surface area (Å²) in [6.45, 7) is 14.4. The van der Waals surface area contributed by atoms with Crippen molar-refractivity contribution in [2.24, 2.45) is 0 Å². The zero-order valence-electron chi connectivity index (χ0n) is 20.0. The van der Waals surface area contributed by atoms with Crippen LogP contribution in [0.25, 0.3) is 11.1 Å². The van der Waals surface area contributed by atoms with Gasteiger partial charge in [-0.3, -0.25) is 14.5 Å². The summed E-state index contributed by atoms with van der Waals surface area (Å²) in [5.74, 6) is 0.903. The largest absolute Gasteiger partial charge is 0.493 e. The molecule has 4 rings (SSSR count). The molecule has 0 aromatic heterocycles. The summed E-state index contributed by atoms with van der Waals surface area (Å²) in [7, 11) is 0. The highest BCUT2D eigenvalue weighted by Gasteiger charge is 2.37. The van der Waals surface area contributed by atoms with Gasteiger partial charge in [-0.05, 0) is 77.5 Å². The van der Waals surface area contributed by atoms with Crippen molar-refractivity contribution in [1.29, 1.82) is 0 Å². The number of aryl methyl sites for hydroxylation is 1. The van der Waals surface area contributed by atoms with E-state index < -0.39 is 0 Å². The highest BCUT2D eigenvalue weighted by molar-refractivity contribution is 8.14. The third-order valence-corrected chi connectivity index (χ3v) is 7.87. The van der Waals surface area contributed by atoms with Crippen molar-refractivity contribution in [3.8, 4) is 16.9 Å². The Balaban J connectivity index is 1.78. The first kappa shape index (κ1) is 22.9. The van der Waals surface area contributed by atoms with E-state index in [0.717, 1.165) is 28.6 Å². The average Bonchev–Trinajstić information content (AvgIpc) is 3.04. The van der Waals surface area contributed by atoms with E-state index in [1.54, 1.807) is 0 Å². The maximum absolute atomic E-state index is 12.0. The molecule has 0 unspecified atom stereocenters. The predicted octanol–water partition coefficient (Wildman–Crippen LogP) is 6.61. The Hall–Kier alpha value is -2.27. The molecule has 170 valence electrons. The molecule has 0 bridgehead atoms. The second-order valence-electron chi connectivity index (χ2n) is 10.3. The van der Waals surface area contributed by atoms with Crippen LogP contribution in [0.1, 0.15) is 69.7 Å².